The zero-order valence-electron chi connectivity index (χ0n) is 15.6. The Kier molecular flexibility index (Phi) is 5.09. The van der Waals surface area contributed by atoms with Crippen molar-refractivity contribution in [3.05, 3.63) is 29.3 Å². The fourth-order valence-electron chi connectivity index (χ4n) is 3.22. The number of thiazole rings is 1. The molecule has 1 aliphatic rings. The lowest BCUT2D eigenvalue weighted by molar-refractivity contribution is 0.0955. The van der Waals surface area contributed by atoms with E-state index < -0.39 is 0 Å². The van der Waals surface area contributed by atoms with E-state index in [0.717, 1.165) is 30.6 Å². The summed E-state index contributed by atoms with van der Waals surface area (Å²) in [6, 6.07) is 6.18. The molecule has 0 spiro atoms. The Morgan fingerprint density at radius 2 is 2.15 bits per heavy atom. The van der Waals surface area contributed by atoms with Crippen LogP contribution >= 0.6 is 11.3 Å². The first-order valence-corrected chi connectivity index (χ1v) is 9.97. The Morgan fingerprint density at radius 3 is 2.93 bits per heavy atom. The van der Waals surface area contributed by atoms with E-state index >= 15 is 0 Å². The number of amides is 1. The molecule has 8 heteroatoms. The first kappa shape index (κ1) is 17.9. The molecule has 1 saturated heterocycles. The van der Waals surface area contributed by atoms with Gasteiger partial charge < -0.3 is 19.6 Å². The van der Waals surface area contributed by atoms with Crippen molar-refractivity contribution in [2.24, 2.45) is 0 Å². The van der Waals surface area contributed by atoms with E-state index in [9.17, 15) is 4.79 Å². The molecule has 27 heavy (non-hydrogen) atoms. The van der Waals surface area contributed by atoms with Gasteiger partial charge in [-0.05, 0) is 39.1 Å². The second kappa shape index (κ2) is 7.66. The molecule has 1 aliphatic heterocycles. The summed E-state index contributed by atoms with van der Waals surface area (Å²) in [7, 11) is 3.95. The molecule has 142 valence electrons. The molecule has 4 rings (SSSR count). The molecule has 1 fully saturated rings. The first-order chi connectivity index (χ1) is 13.1. The zero-order valence-corrected chi connectivity index (χ0v) is 16.4. The summed E-state index contributed by atoms with van der Waals surface area (Å²) in [6.07, 6.45) is 4.07. The van der Waals surface area contributed by atoms with E-state index in [4.69, 9.17) is 4.52 Å². The minimum atomic E-state index is -0.107. The minimum Gasteiger partial charge on any atom is -0.371 e. The van der Waals surface area contributed by atoms with E-state index in [1.807, 2.05) is 31.1 Å². The standard InChI is InChI=1S/C19H23N5O2S/c1-23(2)10-7-20-18(25)16-12-21-19(27-16)17-14-6-5-13(11-15(14)26-22-17)24-8-3-4-9-24/h5-6,11-12H,3-4,7-10H2,1-2H3,(H,20,25). The third-order valence-corrected chi connectivity index (χ3v) is 5.71. The van der Waals surface area contributed by atoms with Crippen LogP contribution in [0.1, 0.15) is 22.5 Å². The number of hydrogen-bond donors (Lipinski definition) is 1. The molecular weight excluding hydrogens is 362 g/mol. The van der Waals surface area contributed by atoms with Gasteiger partial charge in [0.1, 0.15) is 15.6 Å². The maximum Gasteiger partial charge on any atom is 0.263 e. The average molecular weight is 385 g/mol. The number of likely N-dealkylation sites (N-methyl/N-ethyl adjacent to an activating group) is 1. The SMILES string of the molecule is CN(C)CCNC(=O)c1cnc(-c2noc3cc(N4CCCC4)ccc23)s1. The van der Waals surface area contributed by atoms with Crippen molar-refractivity contribution in [2.75, 3.05) is 45.2 Å². The molecule has 1 N–H and O–H groups in total. The van der Waals surface area contributed by atoms with Gasteiger partial charge in [-0.3, -0.25) is 4.79 Å². The number of rotatable bonds is 6. The van der Waals surface area contributed by atoms with Crippen molar-refractivity contribution in [1.82, 2.24) is 20.4 Å². The number of nitrogens with one attached hydrogen (secondary N) is 1. The fraction of sp³-hybridized carbons (Fsp3) is 0.421. The van der Waals surface area contributed by atoms with Crippen molar-refractivity contribution in [2.45, 2.75) is 12.8 Å². The molecule has 1 amide bonds. The van der Waals surface area contributed by atoms with Crippen LogP contribution in [0.5, 0.6) is 0 Å². The molecule has 0 bridgehead atoms. The molecule has 3 heterocycles. The predicted molar refractivity (Wildman–Crippen MR) is 107 cm³/mol. The van der Waals surface area contributed by atoms with Crippen LogP contribution in [0.25, 0.3) is 21.7 Å². The first-order valence-electron chi connectivity index (χ1n) is 9.15. The quantitative estimate of drug-likeness (QED) is 0.703. The smallest absolute Gasteiger partial charge is 0.263 e. The van der Waals surface area contributed by atoms with Crippen molar-refractivity contribution < 1.29 is 9.32 Å². The zero-order chi connectivity index (χ0) is 18.8. The van der Waals surface area contributed by atoms with Gasteiger partial charge in [-0.15, -0.1) is 11.3 Å². The monoisotopic (exact) mass is 385 g/mol. The molecule has 7 nitrogen and oxygen atoms in total. The molecule has 0 saturated carbocycles. The highest BCUT2D eigenvalue weighted by Crippen LogP contribution is 2.33. The summed E-state index contributed by atoms with van der Waals surface area (Å²) in [5.74, 6) is -0.107. The highest BCUT2D eigenvalue weighted by Gasteiger charge is 2.19. The number of carbonyl (C=O) groups excluding carboxylic acids is 1. The van der Waals surface area contributed by atoms with Crippen LogP contribution < -0.4 is 10.2 Å². The lowest BCUT2D eigenvalue weighted by Crippen LogP contribution is -2.30. The van der Waals surface area contributed by atoms with Gasteiger partial charge in [-0.1, -0.05) is 5.16 Å². The highest BCUT2D eigenvalue weighted by molar-refractivity contribution is 7.17. The Morgan fingerprint density at radius 1 is 1.33 bits per heavy atom. The largest absolute Gasteiger partial charge is 0.371 e. The maximum atomic E-state index is 12.3. The summed E-state index contributed by atoms with van der Waals surface area (Å²) >= 11 is 1.33. The topological polar surface area (TPSA) is 74.5 Å². The third kappa shape index (κ3) is 3.81. The van der Waals surface area contributed by atoms with E-state index in [-0.39, 0.29) is 5.91 Å². The lowest BCUT2D eigenvalue weighted by Gasteiger charge is -2.16. The Labute approximate surface area is 162 Å². The van der Waals surface area contributed by atoms with Crippen molar-refractivity contribution in [3.63, 3.8) is 0 Å². The van der Waals surface area contributed by atoms with Crippen LogP contribution in [0.15, 0.2) is 28.9 Å². The van der Waals surface area contributed by atoms with Gasteiger partial charge in [0.15, 0.2) is 5.58 Å². The summed E-state index contributed by atoms with van der Waals surface area (Å²) in [5, 5.41) is 8.73. The summed E-state index contributed by atoms with van der Waals surface area (Å²) in [4.78, 5) is 21.6. The van der Waals surface area contributed by atoms with Crippen molar-refractivity contribution in [3.8, 4) is 10.7 Å². The van der Waals surface area contributed by atoms with Gasteiger partial charge >= 0.3 is 0 Å². The van der Waals surface area contributed by atoms with Gasteiger partial charge in [0.05, 0.1) is 11.6 Å². The number of aromatic nitrogens is 2. The molecular formula is C19H23N5O2S. The lowest BCUT2D eigenvalue weighted by atomic mass is 10.2. The molecule has 0 unspecified atom stereocenters. The summed E-state index contributed by atoms with van der Waals surface area (Å²) < 4.78 is 5.55. The Balaban J connectivity index is 1.52. The molecule has 2 aromatic heterocycles. The molecule has 0 radical (unpaired) electrons. The number of carbonyl (C=O) groups is 1. The number of hydrogen-bond acceptors (Lipinski definition) is 7. The Bertz CT molecular complexity index is 943. The molecule has 0 atom stereocenters. The van der Waals surface area contributed by atoms with Gasteiger partial charge in [-0.2, -0.15) is 0 Å². The third-order valence-electron chi connectivity index (χ3n) is 4.70. The Hall–Kier alpha value is -2.45. The maximum absolute atomic E-state index is 12.3. The molecule has 3 aromatic rings. The van der Waals surface area contributed by atoms with Crippen LogP contribution in [0.4, 0.5) is 5.69 Å². The van der Waals surface area contributed by atoms with Gasteiger partial charge in [0.2, 0.25) is 0 Å². The second-order valence-electron chi connectivity index (χ2n) is 6.99. The second-order valence-corrected chi connectivity index (χ2v) is 8.03. The van der Waals surface area contributed by atoms with E-state index in [0.29, 0.717) is 22.1 Å². The number of benzene rings is 1. The van der Waals surface area contributed by atoms with Gasteiger partial charge in [0.25, 0.3) is 5.91 Å². The van der Waals surface area contributed by atoms with Crippen LogP contribution in [-0.4, -0.2) is 61.2 Å². The average Bonchev–Trinajstić information content (AvgIpc) is 3.39. The van der Waals surface area contributed by atoms with Crippen LogP contribution in [-0.2, 0) is 0 Å². The fourth-order valence-corrected chi connectivity index (χ4v) is 4.05. The van der Waals surface area contributed by atoms with Crippen LogP contribution in [0, 0.1) is 0 Å². The minimum absolute atomic E-state index is 0.107. The summed E-state index contributed by atoms with van der Waals surface area (Å²) in [6.45, 7) is 3.58. The van der Waals surface area contributed by atoms with Crippen molar-refractivity contribution >= 4 is 33.9 Å². The summed E-state index contributed by atoms with van der Waals surface area (Å²) in [5.41, 5.74) is 2.61. The van der Waals surface area contributed by atoms with E-state index in [1.165, 1.54) is 29.9 Å². The highest BCUT2D eigenvalue weighted by atomic mass is 32.1. The predicted octanol–water partition coefficient (Wildman–Crippen LogP) is 2.84. The van der Waals surface area contributed by atoms with E-state index in [2.05, 4.69) is 26.4 Å². The van der Waals surface area contributed by atoms with Gasteiger partial charge in [0, 0.05) is 37.9 Å². The van der Waals surface area contributed by atoms with Crippen LogP contribution in [0.3, 0.4) is 0 Å². The molecule has 1 aromatic carbocycles. The number of nitrogens with zero attached hydrogens (tertiary/aromatic N) is 4. The van der Waals surface area contributed by atoms with Gasteiger partial charge in [-0.25, -0.2) is 4.98 Å². The normalized spacial score (nSPS) is 14.4. The van der Waals surface area contributed by atoms with Crippen LogP contribution in [0.2, 0.25) is 0 Å². The van der Waals surface area contributed by atoms with Crippen molar-refractivity contribution in [1.29, 1.82) is 0 Å². The number of anilines is 1. The van der Waals surface area contributed by atoms with E-state index in [1.54, 1.807) is 6.20 Å². The number of fused-ring (bicyclic) bond motifs is 1. The molecule has 0 aliphatic carbocycles.